The van der Waals surface area contributed by atoms with Gasteiger partial charge in [0, 0.05) is 19.1 Å². The first-order valence-corrected chi connectivity index (χ1v) is 6.89. The van der Waals surface area contributed by atoms with E-state index in [0.29, 0.717) is 12.2 Å². The molecule has 0 saturated carbocycles. The Bertz CT molecular complexity index is 636. The highest BCUT2D eigenvalue weighted by molar-refractivity contribution is 6.16. The van der Waals surface area contributed by atoms with Gasteiger partial charge in [-0.05, 0) is 18.6 Å². The standard InChI is InChI=1S/C17H18N2O2/c1-3-21-17(20)16(15-10-5-4-6-11-15)13-18-19-12-8-7-9-14(19)2/h4-13H,3H2,1-2H3/p+1. The summed E-state index contributed by atoms with van der Waals surface area (Å²) < 4.78 is 6.96. The first-order valence-electron chi connectivity index (χ1n) is 6.89. The number of pyridine rings is 1. The van der Waals surface area contributed by atoms with E-state index in [1.54, 1.807) is 13.1 Å². The molecule has 4 heteroatoms. The number of aromatic nitrogens is 1. The first-order chi connectivity index (χ1) is 10.2. The van der Waals surface area contributed by atoms with Crippen molar-refractivity contribution in [2.24, 2.45) is 0 Å². The van der Waals surface area contributed by atoms with Crippen LogP contribution in [0.4, 0.5) is 0 Å². The molecule has 1 N–H and O–H groups in total. The summed E-state index contributed by atoms with van der Waals surface area (Å²) in [6, 6.07) is 15.3. The Morgan fingerprint density at radius 2 is 1.90 bits per heavy atom. The Morgan fingerprint density at radius 3 is 2.57 bits per heavy atom. The second-order valence-electron chi connectivity index (χ2n) is 4.49. The molecule has 4 nitrogen and oxygen atoms in total. The van der Waals surface area contributed by atoms with Crippen molar-refractivity contribution in [2.45, 2.75) is 13.8 Å². The van der Waals surface area contributed by atoms with Gasteiger partial charge in [0.25, 0.3) is 0 Å². The SMILES string of the molecule is CCOC(=O)C(=CN[n+]1ccccc1C)c1ccccc1. The Balaban J connectivity index is 2.29. The van der Waals surface area contributed by atoms with Gasteiger partial charge in [-0.3, -0.25) is 0 Å². The zero-order chi connectivity index (χ0) is 15.1. The molecule has 1 aromatic carbocycles. The van der Waals surface area contributed by atoms with E-state index in [1.165, 1.54) is 0 Å². The summed E-state index contributed by atoms with van der Waals surface area (Å²) in [5.74, 6) is -0.342. The average Bonchev–Trinajstić information content (AvgIpc) is 2.50. The summed E-state index contributed by atoms with van der Waals surface area (Å²) in [5.41, 5.74) is 5.45. The number of aryl methyl sites for hydroxylation is 1. The van der Waals surface area contributed by atoms with E-state index in [1.807, 2.05) is 66.3 Å². The Kier molecular flexibility index (Phi) is 5.10. The summed E-state index contributed by atoms with van der Waals surface area (Å²) in [6.45, 7) is 4.12. The van der Waals surface area contributed by atoms with Crippen LogP contribution < -0.4 is 10.1 Å². The van der Waals surface area contributed by atoms with Gasteiger partial charge >= 0.3 is 5.97 Å². The smallest absolute Gasteiger partial charge is 0.340 e. The molecule has 0 aliphatic rings. The van der Waals surface area contributed by atoms with Crippen molar-refractivity contribution >= 4 is 11.5 Å². The monoisotopic (exact) mass is 283 g/mol. The molecule has 0 amide bonds. The number of nitrogens with one attached hydrogen (secondary N) is 1. The van der Waals surface area contributed by atoms with Crippen LogP contribution in [-0.4, -0.2) is 12.6 Å². The highest BCUT2D eigenvalue weighted by atomic mass is 16.5. The van der Waals surface area contributed by atoms with Crippen LogP contribution in [0.25, 0.3) is 5.57 Å². The van der Waals surface area contributed by atoms with Gasteiger partial charge in [-0.2, -0.15) is 5.43 Å². The number of hydrogen-bond acceptors (Lipinski definition) is 3. The van der Waals surface area contributed by atoms with Gasteiger partial charge in [0.05, 0.1) is 18.4 Å². The van der Waals surface area contributed by atoms with Crippen LogP contribution in [0.1, 0.15) is 18.2 Å². The van der Waals surface area contributed by atoms with Crippen molar-refractivity contribution < 1.29 is 14.2 Å². The van der Waals surface area contributed by atoms with Crippen LogP contribution in [0, 0.1) is 6.92 Å². The maximum absolute atomic E-state index is 12.1. The van der Waals surface area contributed by atoms with Crippen molar-refractivity contribution in [1.29, 1.82) is 0 Å². The molecule has 21 heavy (non-hydrogen) atoms. The molecule has 0 saturated heterocycles. The Labute approximate surface area is 124 Å². The summed E-state index contributed by atoms with van der Waals surface area (Å²) in [6.07, 6.45) is 3.56. The van der Waals surface area contributed by atoms with Crippen LogP contribution in [0.15, 0.2) is 60.9 Å². The normalized spacial score (nSPS) is 11.0. The predicted molar refractivity (Wildman–Crippen MR) is 81.8 cm³/mol. The van der Waals surface area contributed by atoms with Gasteiger partial charge in [0.1, 0.15) is 0 Å². The van der Waals surface area contributed by atoms with Gasteiger partial charge in [0.15, 0.2) is 6.20 Å². The number of nitrogens with zero attached hydrogens (tertiary/aromatic N) is 1. The van der Waals surface area contributed by atoms with Gasteiger partial charge in [-0.1, -0.05) is 35.0 Å². The Morgan fingerprint density at radius 1 is 1.19 bits per heavy atom. The lowest BCUT2D eigenvalue weighted by molar-refractivity contribution is -0.650. The van der Waals surface area contributed by atoms with E-state index in [-0.39, 0.29) is 5.97 Å². The maximum atomic E-state index is 12.1. The van der Waals surface area contributed by atoms with E-state index < -0.39 is 0 Å². The number of carbonyl (C=O) groups is 1. The van der Waals surface area contributed by atoms with E-state index >= 15 is 0 Å². The average molecular weight is 283 g/mol. The molecule has 108 valence electrons. The van der Waals surface area contributed by atoms with Crippen LogP contribution in [0.3, 0.4) is 0 Å². The van der Waals surface area contributed by atoms with Crippen molar-refractivity contribution in [3.63, 3.8) is 0 Å². The fourth-order valence-corrected chi connectivity index (χ4v) is 1.89. The molecule has 0 aliphatic heterocycles. The van der Waals surface area contributed by atoms with Crippen LogP contribution in [-0.2, 0) is 9.53 Å². The van der Waals surface area contributed by atoms with E-state index in [9.17, 15) is 4.79 Å². The molecule has 1 aromatic heterocycles. The molecule has 1 heterocycles. The summed E-state index contributed by atoms with van der Waals surface area (Å²) in [4.78, 5) is 12.1. The maximum Gasteiger partial charge on any atom is 0.340 e. The zero-order valence-corrected chi connectivity index (χ0v) is 12.2. The third-order valence-electron chi connectivity index (χ3n) is 2.99. The quantitative estimate of drug-likeness (QED) is 0.520. The number of esters is 1. The zero-order valence-electron chi connectivity index (χ0n) is 12.2. The highest BCUT2D eigenvalue weighted by Crippen LogP contribution is 2.14. The van der Waals surface area contributed by atoms with Crippen LogP contribution in [0.2, 0.25) is 0 Å². The second kappa shape index (κ2) is 7.24. The van der Waals surface area contributed by atoms with Crippen molar-refractivity contribution in [2.75, 3.05) is 12.0 Å². The van der Waals surface area contributed by atoms with Gasteiger partial charge in [0.2, 0.25) is 5.69 Å². The lowest BCUT2D eigenvalue weighted by Crippen LogP contribution is -2.44. The summed E-state index contributed by atoms with van der Waals surface area (Å²) >= 11 is 0. The molecule has 0 spiro atoms. The fourth-order valence-electron chi connectivity index (χ4n) is 1.89. The number of rotatable bonds is 5. The van der Waals surface area contributed by atoms with Crippen molar-refractivity contribution in [3.8, 4) is 0 Å². The molecule has 2 aromatic rings. The molecule has 0 radical (unpaired) electrons. The largest absolute Gasteiger partial charge is 0.462 e. The van der Waals surface area contributed by atoms with E-state index in [2.05, 4.69) is 5.43 Å². The molecule has 0 fully saturated rings. The third kappa shape index (κ3) is 3.92. The number of benzene rings is 1. The minimum atomic E-state index is -0.342. The topological polar surface area (TPSA) is 42.2 Å². The number of hydrogen-bond donors (Lipinski definition) is 1. The Hall–Kier alpha value is -2.62. The lowest BCUT2D eigenvalue weighted by Gasteiger charge is -2.07. The fraction of sp³-hybridized carbons (Fsp3) is 0.176. The van der Waals surface area contributed by atoms with Gasteiger partial charge in [-0.15, -0.1) is 0 Å². The van der Waals surface area contributed by atoms with Gasteiger partial charge < -0.3 is 4.74 Å². The summed E-state index contributed by atoms with van der Waals surface area (Å²) in [7, 11) is 0. The molecule has 0 atom stereocenters. The molecule has 2 rings (SSSR count). The third-order valence-corrected chi connectivity index (χ3v) is 2.99. The lowest BCUT2D eigenvalue weighted by atomic mass is 10.1. The van der Waals surface area contributed by atoms with Crippen LogP contribution >= 0.6 is 0 Å². The number of ether oxygens (including phenoxy) is 1. The predicted octanol–water partition coefficient (Wildman–Crippen LogP) is 2.43. The van der Waals surface area contributed by atoms with Gasteiger partial charge in [-0.25, -0.2) is 4.79 Å². The van der Waals surface area contributed by atoms with Crippen molar-refractivity contribution in [1.82, 2.24) is 0 Å². The van der Waals surface area contributed by atoms with Crippen molar-refractivity contribution in [3.05, 3.63) is 72.2 Å². The molecule has 0 aliphatic carbocycles. The van der Waals surface area contributed by atoms with Crippen LogP contribution in [0.5, 0.6) is 0 Å². The van der Waals surface area contributed by atoms with E-state index in [0.717, 1.165) is 11.3 Å². The summed E-state index contributed by atoms with van der Waals surface area (Å²) in [5, 5.41) is 0. The van der Waals surface area contributed by atoms with E-state index in [4.69, 9.17) is 4.74 Å². The molecular weight excluding hydrogens is 264 g/mol. The highest BCUT2D eigenvalue weighted by Gasteiger charge is 2.14. The number of carbonyl (C=O) groups excluding carboxylic acids is 1. The minimum absolute atomic E-state index is 0.342. The molecule has 0 bridgehead atoms. The molecule has 0 unspecified atom stereocenters. The first kappa shape index (κ1) is 14.8. The second-order valence-corrected chi connectivity index (χ2v) is 4.49. The molecular formula is C17H19N2O2+. The minimum Gasteiger partial charge on any atom is -0.462 e.